The van der Waals surface area contributed by atoms with Crippen molar-refractivity contribution in [3.05, 3.63) is 53.1 Å². The van der Waals surface area contributed by atoms with E-state index in [1.54, 1.807) is 36.4 Å². The van der Waals surface area contributed by atoms with Gasteiger partial charge in [-0.2, -0.15) is 0 Å². The average Bonchev–Trinajstić information content (AvgIpc) is 2.68. The van der Waals surface area contributed by atoms with E-state index in [-0.39, 0.29) is 23.0 Å². The van der Waals surface area contributed by atoms with Crippen LogP contribution in [0.5, 0.6) is 0 Å². The minimum atomic E-state index is -3.52. The first kappa shape index (κ1) is 20.6. The quantitative estimate of drug-likeness (QED) is 0.773. The molecule has 8 heteroatoms. The summed E-state index contributed by atoms with van der Waals surface area (Å²) in [5.74, 6) is -0.623. The molecule has 0 atom stereocenters. The first-order valence-corrected chi connectivity index (χ1v) is 11.1. The number of halogens is 1. The third-order valence-electron chi connectivity index (χ3n) is 4.56. The first-order valence-electron chi connectivity index (χ1n) is 9.07. The summed E-state index contributed by atoms with van der Waals surface area (Å²) in [7, 11) is -3.52. The van der Waals surface area contributed by atoms with Gasteiger partial charge in [-0.1, -0.05) is 29.3 Å². The summed E-state index contributed by atoms with van der Waals surface area (Å²) in [6.07, 6.45) is -0.134. The Labute approximate surface area is 170 Å². The van der Waals surface area contributed by atoms with Crippen molar-refractivity contribution in [2.24, 2.45) is 0 Å². The minimum absolute atomic E-state index is 0.134. The Kier molecular flexibility index (Phi) is 6.59. The van der Waals surface area contributed by atoms with E-state index in [2.05, 4.69) is 10.2 Å². The molecule has 2 aromatic carbocycles. The third kappa shape index (κ3) is 5.25. The van der Waals surface area contributed by atoms with Crippen LogP contribution in [0.2, 0.25) is 5.02 Å². The molecule has 0 unspecified atom stereocenters. The highest BCUT2D eigenvalue weighted by Crippen LogP contribution is 2.30. The summed E-state index contributed by atoms with van der Waals surface area (Å²) in [6.45, 7) is 4.55. The van der Waals surface area contributed by atoms with Gasteiger partial charge in [0, 0.05) is 24.5 Å². The maximum absolute atomic E-state index is 12.4. The van der Waals surface area contributed by atoms with Crippen molar-refractivity contribution < 1.29 is 17.9 Å². The molecule has 1 aliphatic rings. The molecule has 1 fully saturated rings. The van der Waals surface area contributed by atoms with Crippen molar-refractivity contribution >= 4 is 38.7 Å². The summed E-state index contributed by atoms with van der Waals surface area (Å²) >= 11 is 6.09. The van der Waals surface area contributed by atoms with Crippen LogP contribution in [0, 0.1) is 6.92 Å². The lowest BCUT2D eigenvalue weighted by atomic mass is 10.2. The second-order valence-corrected chi connectivity index (χ2v) is 9.24. The minimum Gasteiger partial charge on any atom is -0.378 e. The van der Waals surface area contributed by atoms with Gasteiger partial charge >= 0.3 is 0 Å². The maximum Gasteiger partial charge on any atom is 0.225 e. The molecule has 3 rings (SSSR count). The van der Waals surface area contributed by atoms with Crippen molar-refractivity contribution in [3.8, 4) is 0 Å². The fourth-order valence-electron chi connectivity index (χ4n) is 2.99. The number of benzene rings is 2. The second-order valence-electron chi connectivity index (χ2n) is 6.69. The van der Waals surface area contributed by atoms with Crippen LogP contribution in [-0.4, -0.2) is 46.4 Å². The van der Waals surface area contributed by atoms with E-state index in [0.29, 0.717) is 37.0 Å². The number of ether oxygens (including phenoxy) is 1. The zero-order valence-corrected chi connectivity index (χ0v) is 17.2. The fraction of sp³-hybridized carbons (Fsp3) is 0.350. The van der Waals surface area contributed by atoms with Gasteiger partial charge in [-0.3, -0.25) is 4.79 Å². The van der Waals surface area contributed by atoms with E-state index in [9.17, 15) is 13.2 Å². The summed E-state index contributed by atoms with van der Waals surface area (Å²) in [5.41, 5.74) is 2.41. The van der Waals surface area contributed by atoms with Crippen molar-refractivity contribution in [1.29, 1.82) is 0 Å². The average molecular weight is 423 g/mol. The van der Waals surface area contributed by atoms with Gasteiger partial charge in [-0.25, -0.2) is 8.42 Å². The molecule has 1 N–H and O–H groups in total. The number of hydrogen-bond acceptors (Lipinski definition) is 5. The summed E-state index contributed by atoms with van der Waals surface area (Å²) in [5, 5.41) is 3.31. The largest absolute Gasteiger partial charge is 0.378 e. The predicted molar refractivity (Wildman–Crippen MR) is 111 cm³/mol. The molecule has 2 aromatic rings. The number of sulfone groups is 1. The topological polar surface area (TPSA) is 75.7 Å². The molecule has 0 radical (unpaired) electrons. The Morgan fingerprint density at radius 3 is 2.50 bits per heavy atom. The Bertz CT molecular complexity index is 939. The molecule has 1 heterocycles. The van der Waals surface area contributed by atoms with Gasteiger partial charge in [0.05, 0.1) is 35.2 Å². The van der Waals surface area contributed by atoms with Crippen LogP contribution < -0.4 is 10.2 Å². The van der Waals surface area contributed by atoms with Gasteiger partial charge in [0.1, 0.15) is 0 Å². The second kappa shape index (κ2) is 8.94. The molecule has 150 valence electrons. The number of rotatable bonds is 6. The highest BCUT2D eigenvalue weighted by atomic mass is 35.5. The van der Waals surface area contributed by atoms with Crippen LogP contribution in [0.15, 0.2) is 47.4 Å². The van der Waals surface area contributed by atoms with Crippen LogP contribution in [0.1, 0.15) is 12.0 Å². The number of anilines is 2. The van der Waals surface area contributed by atoms with Crippen LogP contribution >= 0.6 is 11.6 Å². The molecule has 0 aromatic heterocycles. The van der Waals surface area contributed by atoms with Gasteiger partial charge < -0.3 is 15.0 Å². The molecule has 0 saturated carbocycles. The monoisotopic (exact) mass is 422 g/mol. The molecular weight excluding hydrogens is 400 g/mol. The smallest absolute Gasteiger partial charge is 0.225 e. The highest BCUT2D eigenvalue weighted by molar-refractivity contribution is 7.91. The molecule has 1 aliphatic heterocycles. The lowest BCUT2D eigenvalue weighted by Crippen LogP contribution is -2.36. The molecule has 6 nitrogen and oxygen atoms in total. The van der Waals surface area contributed by atoms with Crippen LogP contribution in [-0.2, 0) is 19.4 Å². The normalized spacial score (nSPS) is 14.7. The molecule has 1 saturated heterocycles. The fourth-order valence-corrected chi connectivity index (χ4v) is 4.40. The SMILES string of the molecule is Cc1ccc(S(=O)(=O)CCC(=O)Nc2cc(Cl)ccc2N2CCOCC2)cc1. The summed E-state index contributed by atoms with van der Waals surface area (Å²) in [6, 6.07) is 11.9. The van der Waals surface area contributed by atoms with Gasteiger partial charge in [0.25, 0.3) is 0 Å². The van der Waals surface area contributed by atoms with E-state index in [0.717, 1.165) is 11.3 Å². The molecule has 1 amide bonds. The lowest BCUT2D eigenvalue weighted by molar-refractivity contribution is -0.115. The molecule has 0 bridgehead atoms. The maximum atomic E-state index is 12.4. The molecular formula is C20H23ClN2O4S. The van der Waals surface area contributed by atoms with E-state index in [1.807, 2.05) is 13.0 Å². The van der Waals surface area contributed by atoms with Crippen LogP contribution in [0.3, 0.4) is 0 Å². The highest BCUT2D eigenvalue weighted by Gasteiger charge is 2.19. The number of amides is 1. The van der Waals surface area contributed by atoms with E-state index in [4.69, 9.17) is 16.3 Å². The zero-order chi connectivity index (χ0) is 20.1. The van der Waals surface area contributed by atoms with E-state index < -0.39 is 9.84 Å². The first-order chi connectivity index (χ1) is 13.3. The van der Waals surface area contributed by atoms with Crippen LogP contribution in [0.25, 0.3) is 0 Å². The molecule has 0 aliphatic carbocycles. The van der Waals surface area contributed by atoms with E-state index in [1.165, 1.54) is 0 Å². The Hall–Kier alpha value is -2.09. The van der Waals surface area contributed by atoms with Crippen molar-refractivity contribution in [2.45, 2.75) is 18.2 Å². The van der Waals surface area contributed by atoms with Gasteiger partial charge in [0.2, 0.25) is 5.91 Å². The van der Waals surface area contributed by atoms with Gasteiger partial charge in [0.15, 0.2) is 9.84 Å². The summed E-state index contributed by atoms with van der Waals surface area (Å²) < 4.78 is 30.3. The number of aryl methyl sites for hydroxylation is 1. The number of hydrogen-bond donors (Lipinski definition) is 1. The number of morpholine rings is 1. The number of nitrogens with zero attached hydrogens (tertiary/aromatic N) is 1. The Morgan fingerprint density at radius 1 is 1.14 bits per heavy atom. The van der Waals surface area contributed by atoms with E-state index >= 15 is 0 Å². The van der Waals surface area contributed by atoms with Gasteiger partial charge in [-0.05, 0) is 37.3 Å². The Morgan fingerprint density at radius 2 is 1.82 bits per heavy atom. The lowest BCUT2D eigenvalue weighted by Gasteiger charge is -2.30. The van der Waals surface area contributed by atoms with Crippen molar-refractivity contribution in [2.75, 3.05) is 42.3 Å². The Balaban J connectivity index is 1.67. The van der Waals surface area contributed by atoms with Gasteiger partial charge in [-0.15, -0.1) is 0 Å². The van der Waals surface area contributed by atoms with Crippen LogP contribution in [0.4, 0.5) is 11.4 Å². The summed E-state index contributed by atoms with van der Waals surface area (Å²) in [4.78, 5) is 14.8. The number of carbonyl (C=O) groups excluding carboxylic acids is 1. The number of carbonyl (C=O) groups is 1. The van der Waals surface area contributed by atoms with Crippen molar-refractivity contribution in [3.63, 3.8) is 0 Å². The number of nitrogens with one attached hydrogen (secondary N) is 1. The predicted octanol–water partition coefficient (Wildman–Crippen LogP) is 3.29. The standard InChI is InChI=1S/C20H23ClN2O4S/c1-15-2-5-17(6-3-15)28(25,26)13-8-20(24)22-18-14-16(21)4-7-19(18)23-9-11-27-12-10-23/h2-7,14H,8-13H2,1H3,(H,22,24). The zero-order valence-electron chi connectivity index (χ0n) is 15.7. The molecule has 0 spiro atoms. The van der Waals surface area contributed by atoms with Crippen molar-refractivity contribution in [1.82, 2.24) is 0 Å². The molecule has 28 heavy (non-hydrogen) atoms. The third-order valence-corrected chi connectivity index (χ3v) is 6.53.